The third-order valence-corrected chi connectivity index (χ3v) is 8.82. The Morgan fingerprint density at radius 2 is 1.30 bits per heavy atom. The maximum Gasteiger partial charge on any atom is 0.472 e. The molecule has 2 N–H and O–H groups in total. The SMILES string of the molecule is CCCCCCCCCCCCCCCCCCNC(=O)OCC(COP(=O)(O)OCC[n+]1ccccc1)OCc1ccccc1. The van der Waals surface area contributed by atoms with Crippen molar-refractivity contribution in [2.24, 2.45) is 0 Å². The van der Waals surface area contributed by atoms with Gasteiger partial charge in [-0.25, -0.2) is 13.9 Å². The van der Waals surface area contributed by atoms with Crippen LogP contribution in [0.4, 0.5) is 4.79 Å². The second kappa shape index (κ2) is 26.7. The van der Waals surface area contributed by atoms with Crippen molar-refractivity contribution in [1.82, 2.24) is 5.32 Å². The van der Waals surface area contributed by atoms with Gasteiger partial charge >= 0.3 is 13.9 Å². The Hall–Kier alpha value is -2.29. The molecule has 1 aromatic carbocycles. The fraction of sp³-hybridized carbons (Fsp3) is 0.667. The van der Waals surface area contributed by atoms with Crippen LogP contribution in [0.25, 0.3) is 0 Å². The van der Waals surface area contributed by atoms with E-state index in [4.69, 9.17) is 18.5 Å². The highest BCUT2D eigenvalue weighted by Crippen LogP contribution is 2.43. The van der Waals surface area contributed by atoms with Crippen molar-refractivity contribution in [3.8, 4) is 0 Å². The van der Waals surface area contributed by atoms with Crippen LogP contribution in [-0.4, -0.2) is 43.5 Å². The van der Waals surface area contributed by atoms with E-state index in [-0.39, 0.29) is 26.4 Å². The summed E-state index contributed by atoms with van der Waals surface area (Å²) >= 11 is 0. The lowest BCUT2D eigenvalue weighted by Gasteiger charge is -2.20. The number of hydrogen-bond acceptors (Lipinski definition) is 6. The van der Waals surface area contributed by atoms with E-state index in [0.717, 1.165) is 18.4 Å². The molecular weight excluding hydrogens is 603 g/mol. The Morgan fingerprint density at radius 3 is 1.89 bits per heavy atom. The molecule has 0 saturated heterocycles. The van der Waals surface area contributed by atoms with E-state index in [1.165, 1.54) is 89.9 Å². The third-order valence-electron chi connectivity index (χ3n) is 7.83. The standard InChI is InChI=1S/C36H59N2O7P/c1-2-3-4-5-6-7-8-9-10-11-12-13-14-15-16-21-26-37-36(39)43-32-35(42-31-34-24-19-17-20-25-34)33-45-46(40,41)44-30-29-38-27-22-18-23-28-38/h17-20,22-25,27-28,35H,2-16,21,26,29-33H2,1H3,(H-,37,39,40,41)/p+1. The summed E-state index contributed by atoms with van der Waals surface area (Å²) < 4.78 is 35.8. The van der Waals surface area contributed by atoms with Crippen molar-refractivity contribution >= 4 is 13.9 Å². The molecule has 0 fully saturated rings. The summed E-state index contributed by atoms with van der Waals surface area (Å²) in [6.07, 6.45) is 23.2. The van der Waals surface area contributed by atoms with Gasteiger partial charge in [0.2, 0.25) is 0 Å². The van der Waals surface area contributed by atoms with Crippen LogP contribution >= 0.6 is 7.82 Å². The van der Waals surface area contributed by atoms with E-state index in [0.29, 0.717) is 13.1 Å². The zero-order valence-electron chi connectivity index (χ0n) is 28.2. The minimum atomic E-state index is -4.32. The average Bonchev–Trinajstić information content (AvgIpc) is 3.06. The second-order valence-corrected chi connectivity index (χ2v) is 13.4. The van der Waals surface area contributed by atoms with Gasteiger partial charge in [-0.05, 0) is 12.0 Å². The Morgan fingerprint density at radius 1 is 0.761 bits per heavy atom. The predicted octanol–water partition coefficient (Wildman–Crippen LogP) is 8.68. The van der Waals surface area contributed by atoms with Crippen molar-refractivity contribution in [3.63, 3.8) is 0 Å². The molecule has 1 amide bonds. The Bertz CT molecular complexity index is 1050. The van der Waals surface area contributed by atoms with Crippen LogP contribution in [0.5, 0.6) is 0 Å². The van der Waals surface area contributed by atoms with Crippen LogP contribution in [-0.2, 0) is 36.2 Å². The van der Waals surface area contributed by atoms with Gasteiger partial charge < -0.3 is 19.7 Å². The molecule has 10 heteroatoms. The zero-order valence-corrected chi connectivity index (χ0v) is 29.1. The first-order chi connectivity index (χ1) is 22.5. The van der Waals surface area contributed by atoms with E-state index >= 15 is 0 Å². The number of hydrogen-bond donors (Lipinski definition) is 2. The van der Waals surface area contributed by atoms with Gasteiger partial charge in [0, 0.05) is 18.7 Å². The highest BCUT2D eigenvalue weighted by atomic mass is 31.2. The lowest BCUT2D eigenvalue weighted by Crippen LogP contribution is -2.34. The van der Waals surface area contributed by atoms with Crippen LogP contribution in [0.3, 0.4) is 0 Å². The molecular formula is C36H60N2O7P+. The average molecular weight is 664 g/mol. The number of amides is 1. The number of nitrogens with one attached hydrogen (secondary N) is 1. The topological polar surface area (TPSA) is 107 Å². The van der Waals surface area contributed by atoms with Gasteiger partial charge in [0.15, 0.2) is 18.9 Å². The Labute approximate surface area is 278 Å². The molecule has 0 aliphatic heterocycles. The number of carbonyl (C=O) groups is 1. The summed E-state index contributed by atoms with van der Waals surface area (Å²) in [6.45, 7) is 3.04. The number of aromatic nitrogens is 1. The maximum atomic E-state index is 12.4. The molecule has 0 radical (unpaired) electrons. The van der Waals surface area contributed by atoms with Crippen molar-refractivity contribution in [2.75, 3.05) is 26.4 Å². The van der Waals surface area contributed by atoms with Crippen LogP contribution in [0, 0.1) is 0 Å². The first-order valence-corrected chi connectivity index (χ1v) is 19.1. The van der Waals surface area contributed by atoms with Gasteiger partial charge in [0.1, 0.15) is 19.3 Å². The second-order valence-electron chi connectivity index (χ2n) is 12.0. The lowest BCUT2D eigenvalue weighted by molar-refractivity contribution is -0.697. The fourth-order valence-corrected chi connectivity index (χ4v) is 5.82. The number of benzene rings is 1. The number of phosphoric ester groups is 1. The molecule has 0 aliphatic rings. The molecule has 2 aromatic rings. The Balaban J connectivity index is 1.54. The number of ether oxygens (including phenoxy) is 2. The lowest BCUT2D eigenvalue weighted by atomic mass is 10.0. The largest absolute Gasteiger partial charge is 0.472 e. The first kappa shape index (κ1) is 39.9. The van der Waals surface area contributed by atoms with Gasteiger partial charge in [0.25, 0.3) is 0 Å². The number of nitrogens with zero attached hydrogens (tertiary/aromatic N) is 1. The van der Waals surface area contributed by atoms with Gasteiger partial charge in [-0.15, -0.1) is 0 Å². The summed E-state index contributed by atoms with van der Waals surface area (Å²) in [5.74, 6) is 0. The number of alkyl carbamates (subject to hydrolysis) is 1. The van der Waals surface area contributed by atoms with Gasteiger partial charge in [-0.1, -0.05) is 140 Å². The van der Waals surface area contributed by atoms with Crippen molar-refractivity contribution in [1.29, 1.82) is 0 Å². The first-order valence-electron chi connectivity index (χ1n) is 17.6. The summed E-state index contributed by atoms with van der Waals surface area (Å²) in [6, 6.07) is 15.1. The summed E-state index contributed by atoms with van der Waals surface area (Å²) in [4.78, 5) is 22.4. The van der Waals surface area contributed by atoms with E-state index in [1.807, 2.05) is 65.5 Å². The van der Waals surface area contributed by atoms with E-state index in [9.17, 15) is 14.3 Å². The molecule has 1 heterocycles. The monoisotopic (exact) mass is 663 g/mol. The van der Waals surface area contributed by atoms with E-state index in [1.54, 1.807) is 0 Å². The highest BCUT2D eigenvalue weighted by molar-refractivity contribution is 7.47. The fourth-order valence-electron chi connectivity index (χ4n) is 5.08. The van der Waals surface area contributed by atoms with Crippen LogP contribution in [0.1, 0.15) is 115 Å². The maximum absolute atomic E-state index is 12.4. The van der Waals surface area contributed by atoms with Gasteiger partial charge in [0.05, 0.1) is 13.2 Å². The summed E-state index contributed by atoms with van der Waals surface area (Å²) in [7, 11) is -4.32. The molecule has 0 spiro atoms. The third kappa shape index (κ3) is 22.3. The van der Waals surface area contributed by atoms with Crippen molar-refractivity contribution < 1.29 is 37.3 Å². The molecule has 9 nitrogen and oxygen atoms in total. The number of pyridine rings is 1. The molecule has 0 saturated carbocycles. The van der Waals surface area contributed by atoms with Crippen molar-refractivity contribution in [3.05, 3.63) is 66.5 Å². The van der Waals surface area contributed by atoms with Crippen LogP contribution in [0.2, 0.25) is 0 Å². The van der Waals surface area contributed by atoms with Gasteiger partial charge in [-0.3, -0.25) is 9.05 Å². The van der Waals surface area contributed by atoms with Gasteiger partial charge in [-0.2, -0.15) is 0 Å². The highest BCUT2D eigenvalue weighted by Gasteiger charge is 2.25. The smallest absolute Gasteiger partial charge is 0.447 e. The number of rotatable bonds is 29. The van der Waals surface area contributed by atoms with Crippen LogP contribution in [0.15, 0.2) is 60.9 Å². The molecule has 260 valence electrons. The predicted molar refractivity (Wildman–Crippen MR) is 182 cm³/mol. The van der Waals surface area contributed by atoms with Crippen molar-refractivity contribution in [2.45, 2.75) is 129 Å². The summed E-state index contributed by atoms with van der Waals surface area (Å²) in [5, 5.41) is 2.79. The molecule has 2 unspecified atom stereocenters. The molecule has 0 bridgehead atoms. The molecule has 2 rings (SSSR count). The zero-order chi connectivity index (χ0) is 33.0. The minimum absolute atomic E-state index is 0.00371. The quantitative estimate of drug-likeness (QED) is 0.0510. The molecule has 2 atom stereocenters. The molecule has 1 aromatic heterocycles. The Kier molecular flexibility index (Phi) is 23.2. The summed E-state index contributed by atoms with van der Waals surface area (Å²) in [5.41, 5.74) is 0.920. The molecule has 0 aliphatic carbocycles. The molecule has 46 heavy (non-hydrogen) atoms. The normalized spacial score (nSPS) is 13.3. The van der Waals surface area contributed by atoms with Crippen LogP contribution < -0.4 is 9.88 Å². The number of carbonyl (C=O) groups excluding carboxylic acids is 1. The van der Waals surface area contributed by atoms with E-state index < -0.39 is 20.0 Å². The number of unbranched alkanes of at least 4 members (excludes halogenated alkanes) is 15. The number of phosphoric acid groups is 1. The minimum Gasteiger partial charge on any atom is -0.447 e. The van der Waals surface area contributed by atoms with E-state index in [2.05, 4.69) is 12.2 Å².